The maximum atomic E-state index is 5.15. The van der Waals surface area contributed by atoms with E-state index in [4.69, 9.17) is 4.98 Å². The number of benzene rings is 3. The quantitative estimate of drug-likeness (QED) is 0.276. The number of hydrogen-bond donors (Lipinski definition) is 0. The molecule has 0 unspecified atom stereocenters. The van der Waals surface area contributed by atoms with Crippen molar-refractivity contribution < 1.29 is 4.57 Å². The minimum absolute atomic E-state index is 0.628. The molecule has 0 N–H and O–H groups in total. The molecule has 4 heteroatoms. The predicted octanol–water partition coefficient (Wildman–Crippen LogP) is 7.09. The first-order valence-corrected chi connectivity index (χ1v) is 12.5. The van der Waals surface area contributed by atoms with Crippen LogP contribution in [-0.4, -0.2) is 9.55 Å². The fourth-order valence-corrected chi connectivity index (χ4v) is 6.67. The lowest BCUT2D eigenvalue weighted by molar-refractivity contribution is -0.633. The first-order chi connectivity index (χ1) is 15.7. The summed E-state index contributed by atoms with van der Waals surface area (Å²) in [6, 6.07) is 23.9. The Hall–Kier alpha value is -2.98. The SMILES string of the molecule is Cc1ccc2nc(C3CCCCC3)sc2c1-c1n(-c2ccccc2)c2ccccc2[n+]1C. The van der Waals surface area contributed by atoms with Crippen LogP contribution in [0.3, 0.4) is 0 Å². The van der Waals surface area contributed by atoms with Crippen LogP contribution in [0.1, 0.15) is 48.6 Å². The van der Waals surface area contributed by atoms with E-state index < -0.39 is 0 Å². The Morgan fingerprint density at radius 1 is 0.906 bits per heavy atom. The van der Waals surface area contributed by atoms with Crippen molar-refractivity contribution in [1.29, 1.82) is 0 Å². The van der Waals surface area contributed by atoms with Gasteiger partial charge in [-0.3, -0.25) is 0 Å². The zero-order chi connectivity index (χ0) is 21.7. The molecule has 1 saturated carbocycles. The number of hydrogen-bond acceptors (Lipinski definition) is 2. The van der Waals surface area contributed by atoms with Gasteiger partial charge in [-0.2, -0.15) is 4.57 Å². The molecule has 1 aliphatic rings. The number of imidazole rings is 1. The van der Waals surface area contributed by atoms with Crippen LogP contribution in [0.4, 0.5) is 0 Å². The van der Waals surface area contributed by atoms with Gasteiger partial charge in [-0.1, -0.05) is 55.7 Å². The molecular formula is C28H28N3S+. The molecule has 2 aromatic heterocycles. The zero-order valence-electron chi connectivity index (χ0n) is 18.7. The molecular weight excluding hydrogens is 410 g/mol. The van der Waals surface area contributed by atoms with Gasteiger partial charge in [0.15, 0.2) is 11.0 Å². The van der Waals surface area contributed by atoms with Crippen LogP contribution in [0.5, 0.6) is 0 Å². The maximum absolute atomic E-state index is 5.15. The Bertz CT molecular complexity index is 1420. The van der Waals surface area contributed by atoms with E-state index in [1.165, 1.54) is 75.5 Å². The highest BCUT2D eigenvalue weighted by Gasteiger charge is 2.30. The first kappa shape index (κ1) is 19.7. The van der Waals surface area contributed by atoms with Crippen LogP contribution < -0.4 is 4.57 Å². The molecule has 1 aliphatic carbocycles. The van der Waals surface area contributed by atoms with Gasteiger partial charge in [0.25, 0.3) is 5.82 Å². The normalized spacial score (nSPS) is 15.1. The molecule has 0 radical (unpaired) electrons. The van der Waals surface area contributed by atoms with Crippen molar-refractivity contribution in [2.75, 3.05) is 0 Å². The molecule has 0 spiro atoms. The monoisotopic (exact) mass is 438 g/mol. The largest absolute Gasteiger partial charge is 0.296 e. The highest BCUT2D eigenvalue weighted by atomic mass is 32.1. The summed E-state index contributed by atoms with van der Waals surface area (Å²) >= 11 is 1.92. The van der Waals surface area contributed by atoms with Gasteiger partial charge in [0, 0.05) is 5.92 Å². The second kappa shape index (κ2) is 7.86. The summed E-state index contributed by atoms with van der Waals surface area (Å²) in [4.78, 5) is 5.15. The molecule has 0 atom stereocenters. The van der Waals surface area contributed by atoms with E-state index >= 15 is 0 Å². The van der Waals surface area contributed by atoms with Crippen molar-refractivity contribution in [2.45, 2.75) is 44.9 Å². The van der Waals surface area contributed by atoms with Crippen molar-refractivity contribution in [1.82, 2.24) is 9.55 Å². The van der Waals surface area contributed by atoms with E-state index in [9.17, 15) is 0 Å². The smallest absolute Gasteiger partial charge is 0.241 e. The zero-order valence-corrected chi connectivity index (χ0v) is 19.5. The van der Waals surface area contributed by atoms with Gasteiger partial charge >= 0.3 is 0 Å². The highest BCUT2D eigenvalue weighted by Crippen LogP contribution is 2.41. The fraction of sp³-hybridized carbons (Fsp3) is 0.286. The number of aromatic nitrogens is 3. The molecule has 0 bridgehead atoms. The molecule has 2 heterocycles. The highest BCUT2D eigenvalue weighted by molar-refractivity contribution is 7.19. The molecule has 5 aromatic rings. The number of rotatable bonds is 3. The number of aryl methyl sites for hydroxylation is 2. The number of fused-ring (bicyclic) bond motifs is 2. The minimum Gasteiger partial charge on any atom is -0.241 e. The average molecular weight is 439 g/mol. The summed E-state index contributed by atoms with van der Waals surface area (Å²) in [5.74, 6) is 1.85. The third-order valence-corrected chi connectivity index (χ3v) is 8.24. The van der Waals surface area contributed by atoms with E-state index in [0.717, 1.165) is 5.52 Å². The topological polar surface area (TPSA) is 21.7 Å². The second-order valence-electron chi connectivity index (χ2n) is 9.04. The minimum atomic E-state index is 0.628. The number of thiazole rings is 1. The van der Waals surface area contributed by atoms with E-state index in [0.29, 0.717) is 5.92 Å². The van der Waals surface area contributed by atoms with Gasteiger partial charge in [-0.05, 0) is 55.7 Å². The van der Waals surface area contributed by atoms with Gasteiger partial charge in [0.05, 0.1) is 27.8 Å². The Kier molecular flexibility index (Phi) is 4.83. The summed E-state index contributed by atoms with van der Waals surface area (Å²) < 4.78 is 6.09. The van der Waals surface area contributed by atoms with Crippen LogP contribution in [0.15, 0.2) is 66.7 Å². The molecule has 32 heavy (non-hydrogen) atoms. The number of nitrogens with zero attached hydrogens (tertiary/aromatic N) is 3. The lowest BCUT2D eigenvalue weighted by Crippen LogP contribution is -2.30. The molecule has 0 aliphatic heterocycles. The van der Waals surface area contributed by atoms with E-state index in [2.05, 4.69) is 89.8 Å². The Morgan fingerprint density at radius 3 is 2.47 bits per heavy atom. The van der Waals surface area contributed by atoms with E-state index in [-0.39, 0.29) is 0 Å². The summed E-state index contributed by atoms with van der Waals surface area (Å²) in [5, 5.41) is 1.33. The van der Waals surface area contributed by atoms with Crippen LogP contribution >= 0.6 is 11.3 Å². The summed E-state index contributed by atoms with van der Waals surface area (Å²) in [7, 11) is 2.19. The fourth-order valence-electron chi connectivity index (χ4n) is 5.34. The van der Waals surface area contributed by atoms with Gasteiger partial charge in [0.1, 0.15) is 5.69 Å². The lowest BCUT2D eigenvalue weighted by Gasteiger charge is -2.18. The Balaban J connectivity index is 1.66. The average Bonchev–Trinajstić information content (AvgIpc) is 3.40. The van der Waals surface area contributed by atoms with Crippen molar-refractivity contribution >= 4 is 32.6 Å². The molecule has 0 amide bonds. The van der Waals surface area contributed by atoms with Gasteiger partial charge in [-0.15, -0.1) is 11.3 Å². The molecule has 3 aromatic carbocycles. The molecule has 3 nitrogen and oxygen atoms in total. The Labute approximate surface area is 193 Å². The lowest BCUT2D eigenvalue weighted by atomic mass is 9.90. The third kappa shape index (κ3) is 3.08. The van der Waals surface area contributed by atoms with Crippen molar-refractivity contribution in [3.05, 3.63) is 77.3 Å². The summed E-state index contributed by atoms with van der Waals surface area (Å²) in [5.41, 5.74) is 7.40. The number of para-hydroxylation sites is 3. The molecule has 160 valence electrons. The van der Waals surface area contributed by atoms with Crippen molar-refractivity contribution in [3.63, 3.8) is 0 Å². The van der Waals surface area contributed by atoms with Gasteiger partial charge in [0.2, 0.25) is 0 Å². The van der Waals surface area contributed by atoms with Gasteiger partial charge in [-0.25, -0.2) is 9.55 Å². The van der Waals surface area contributed by atoms with Crippen molar-refractivity contribution in [2.24, 2.45) is 7.05 Å². The Morgan fingerprint density at radius 2 is 1.66 bits per heavy atom. The van der Waals surface area contributed by atoms with Crippen molar-refractivity contribution in [3.8, 4) is 17.1 Å². The third-order valence-electron chi connectivity index (χ3n) is 6.99. The first-order valence-electron chi connectivity index (χ1n) is 11.7. The standard InChI is InChI=1S/C28H28N3S/c1-19-17-18-22-26(32-27(29-22)20-11-5-3-6-12-20)25(19)28-30(2)23-15-9-10-16-24(23)31(28)21-13-7-4-8-14-21/h4,7-10,13-18,20H,3,5-6,11-12H2,1-2H3/q+1. The molecule has 1 fully saturated rings. The second-order valence-corrected chi connectivity index (χ2v) is 10.1. The molecule has 6 rings (SSSR count). The van der Waals surface area contributed by atoms with Crippen LogP contribution in [0.2, 0.25) is 0 Å². The summed E-state index contributed by atoms with van der Waals surface area (Å²) in [6.45, 7) is 2.24. The van der Waals surface area contributed by atoms with E-state index in [1.54, 1.807) is 0 Å². The maximum Gasteiger partial charge on any atom is 0.296 e. The van der Waals surface area contributed by atoms with E-state index in [1.807, 2.05) is 11.3 Å². The molecule has 0 saturated heterocycles. The predicted molar refractivity (Wildman–Crippen MR) is 134 cm³/mol. The summed E-state index contributed by atoms with van der Waals surface area (Å²) in [6.07, 6.45) is 6.62. The van der Waals surface area contributed by atoms with Gasteiger partial charge < -0.3 is 0 Å². The van der Waals surface area contributed by atoms with Crippen LogP contribution in [0.25, 0.3) is 38.3 Å². The van der Waals surface area contributed by atoms with Crippen LogP contribution in [-0.2, 0) is 7.05 Å². The van der Waals surface area contributed by atoms with Crippen LogP contribution in [0, 0.1) is 6.92 Å².